The van der Waals surface area contributed by atoms with E-state index >= 15 is 0 Å². The van der Waals surface area contributed by atoms with Crippen LogP contribution in [0, 0.1) is 0 Å². The number of aromatic amines is 1. The summed E-state index contributed by atoms with van der Waals surface area (Å²) >= 11 is 5.16. The number of aromatic hydroxyl groups is 1. The minimum Gasteiger partial charge on any atom is -0.493 e. The molecule has 0 bridgehead atoms. The Morgan fingerprint density at radius 3 is 2.32 bits per heavy atom. The molecule has 0 spiro atoms. The van der Waals surface area contributed by atoms with Gasteiger partial charge < -0.3 is 10.4 Å². The van der Waals surface area contributed by atoms with E-state index in [1.54, 1.807) is 30.3 Å². The van der Waals surface area contributed by atoms with Crippen molar-refractivity contribution < 1.29 is 5.11 Å². The van der Waals surface area contributed by atoms with Crippen molar-refractivity contribution >= 4 is 28.7 Å². The second-order valence-electron chi connectivity index (χ2n) is 5.76. The molecule has 3 rings (SSSR count). The molecule has 3 aromatic rings. The van der Waals surface area contributed by atoms with Gasteiger partial charge >= 0.3 is 5.69 Å². The van der Waals surface area contributed by atoms with E-state index in [9.17, 15) is 14.7 Å². The van der Waals surface area contributed by atoms with Gasteiger partial charge in [-0.25, -0.2) is 9.36 Å². The third-order valence-electron chi connectivity index (χ3n) is 3.82. The molecule has 28 heavy (non-hydrogen) atoms. The highest BCUT2D eigenvalue weighted by Gasteiger charge is 2.18. The maximum absolute atomic E-state index is 12.2. The Balaban J connectivity index is 1.90. The Morgan fingerprint density at radius 2 is 1.68 bits per heavy atom. The van der Waals surface area contributed by atoms with Crippen molar-refractivity contribution in [2.75, 3.05) is 5.32 Å². The summed E-state index contributed by atoms with van der Waals surface area (Å²) < 4.78 is 0.996. The second-order valence-corrected chi connectivity index (χ2v) is 6.17. The molecule has 1 heterocycles. The van der Waals surface area contributed by atoms with Gasteiger partial charge in [0.25, 0.3) is 5.56 Å². The van der Waals surface area contributed by atoms with Gasteiger partial charge in [-0.3, -0.25) is 15.2 Å². The Bertz CT molecular complexity index is 1140. The molecule has 1 aromatic heterocycles. The van der Waals surface area contributed by atoms with Crippen LogP contribution in [0.5, 0.6) is 5.88 Å². The number of H-pyrrole nitrogens is 1. The lowest BCUT2D eigenvalue weighted by atomic mass is 10.2. The Kier molecular flexibility index (Phi) is 5.66. The summed E-state index contributed by atoms with van der Waals surface area (Å²) in [5, 5.41) is 17.7. The van der Waals surface area contributed by atoms with Crippen molar-refractivity contribution in [1.29, 1.82) is 0 Å². The first kappa shape index (κ1) is 19.1. The van der Waals surface area contributed by atoms with E-state index in [0.29, 0.717) is 5.69 Å². The monoisotopic (exact) mass is 395 g/mol. The smallest absolute Gasteiger partial charge is 0.335 e. The van der Waals surface area contributed by atoms with Gasteiger partial charge in [-0.15, -0.1) is 0 Å². The number of anilines is 1. The van der Waals surface area contributed by atoms with Gasteiger partial charge in [-0.1, -0.05) is 36.4 Å². The van der Waals surface area contributed by atoms with Crippen LogP contribution >= 0.6 is 12.2 Å². The molecular weight excluding hydrogens is 378 g/mol. The number of hydrogen-bond acceptors (Lipinski definition) is 5. The van der Waals surface area contributed by atoms with E-state index in [4.69, 9.17) is 12.2 Å². The molecule has 0 saturated heterocycles. The maximum atomic E-state index is 12.2. The zero-order valence-electron chi connectivity index (χ0n) is 14.8. The van der Waals surface area contributed by atoms with Crippen LogP contribution in [-0.4, -0.2) is 25.5 Å². The number of para-hydroxylation sites is 2. The van der Waals surface area contributed by atoms with E-state index in [2.05, 4.69) is 20.8 Å². The summed E-state index contributed by atoms with van der Waals surface area (Å²) in [6, 6.07) is 17.7. The van der Waals surface area contributed by atoms with Crippen molar-refractivity contribution in [3.8, 4) is 11.6 Å². The topological polar surface area (TPSA) is 112 Å². The van der Waals surface area contributed by atoms with Gasteiger partial charge in [0.2, 0.25) is 5.88 Å². The lowest BCUT2D eigenvalue weighted by Gasteiger charge is -2.12. The van der Waals surface area contributed by atoms with Crippen molar-refractivity contribution in [1.82, 2.24) is 15.0 Å². The molecule has 0 aliphatic rings. The molecule has 0 unspecified atom stereocenters. The van der Waals surface area contributed by atoms with E-state index in [1.807, 2.05) is 30.3 Å². The van der Waals surface area contributed by atoms with Crippen LogP contribution in [-0.2, 0) is 0 Å². The number of thiocarbonyl (C=S) groups is 1. The Labute approximate surface area is 165 Å². The minimum absolute atomic E-state index is 0.140. The zero-order valence-corrected chi connectivity index (χ0v) is 15.7. The molecule has 142 valence electrons. The van der Waals surface area contributed by atoms with Gasteiger partial charge in [-0.05, 0) is 43.4 Å². The highest BCUT2D eigenvalue weighted by molar-refractivity contribution is 7.80. The predicted octanol–water partition coefficient (Wildman–Crippen LogP) is 1.94. The summed E-state index contributed by atoms with van der Waals surface area (Å²) in [5.74, 6) is -0.509. The molecule has 0 aliphatic carbocycles. The third-order valence-corrected chi connectivity index (χ3v) is 4.01. The van der Waals surface area contributed by atoms with Crippen LogP contribution in [0.2, 0.25) is 0 Å². The molecule has 9 heteroatoms. The molecular formula is C19H17N5O3S. The first-order valence-corrected chi connectivity index (χ1v) is 8.68. The Morgan fingerprint density at radius 1 is 1.07 bits per heavy atom. The van der Waals surface area contributed by atoms with E-state index in [0.717, 1.165) is 10.3 Å². The molecule has 0 fully saturated rings. The SMILES string of the molecule is CC(=NNC(=S)Nc1ccccc1)c1c(O)n(-c2ccccc2)c(=O)[nH]c1=O. The number of rotatable bonds is 4. The quantitative estimate of drug-likeness (QED) is 0.305. The summed E-state index contributed by atoms with van der Waals surface area (Å²) in [7, 11) is 0. The summed E-state index contributed by atoms with van der Waals surface area (Å²) in [6.45, 7) is 1.52. The fourth-order valence-corrected chi connectivity index (χ4v) is 2.70. The van der Waals surface area contributed by atoms with Gasteiger partial charge in [0.15, 0.2) is 5.11 Å². The van der Waals surface area contributed by atoms with Crippen molar-refractivity contribution in [2.24, 2.45) is 5.10 Å². The molecule has 0 atom stereocenters. The maximum Gasteiger partial charge on any atom is 0.335 e. The molecule has 0 radical (unpaired) electrons. The largest absolute Gasteiger partial charge is 0.493 e. The molecule has 4 N–H and O–H groups in total. The van der Waals surface area contributed by atoms with Crippen molar-refractivity contribution in [3.05, 3.63) is 87.1 Å². The fourth-order valence-electron chi connectivity index (χ4n) is 2.54. The standard InChI is InChI=1S/C19H17N5O3S/c1-12(22-23-18(28)20-13-8-4-2-5-9-13)15-16(25)21-19(27)24(17(15)26)14-10-6-3-7-11-14/h2-11,26H,1H3,(H2,20,23,28)(H,21,25,27). The first-order chi connectivity index (χ1) is 13.5. The summed E-state index contributed by atoms with van der Waals surface area (Å²) in [4.78, 5) is 26.6. The van der Waals surface area contributed by atoms with Crippen LogP contribution in [0.1, 0.15) is 12.5 Å². The molecule has 0 amide bonds. The second kappa shape index (κ2) is 8.31. The van der Waals surface area contributed by atoms with Crippen molar-refractivity contribution in [3.63, 3.8) is 0 Å². The molecule has 0 aliphatic heterocycles. The van der Waals surface area contributed by atoms with Gasteiger partial charge in [0.05, 0.1) is 11.4 Å². The number of nitrogens with one attached hydrogen (secondary N) is 3. The zero-order chi connectivity index (χ0) is 20.1. The number of aromatic nitrogens is 2. The summed E-state index contributed by atoms with van der Waals surface area (Å²) in [5.41, 5.74) is 2.30. The number of hydrogen-bond donors (Lipinski definition) is 4. The predicted molar refractivity (Wildman–Crippen MR) is 112 cm³/mol. The lowest BCUT2D eigenvalue weighted by molar-refractivity contribution is 0.429. The average Bonchev–Trinajstić information content (AvgIpc) is 2.67. The first-order valence-electron chi connectivity index (χ1n) is 8.28. The Hall–Kier alpha value is -3.72. The van der Waals surface area contributed by atoms with Crippen LogP contribution in [0.3, 0.4) is 0 Å². The number of hydrazone groups is 1. The molecule has 2 aromatic carbocycles. The van der Waals surface area contributed by atoms with E-state index in [-0.39, 0.29) is 16.4 Å². The van der Waals surface area contributed by atoms with E-state index < -0.39 is 17.1 Å². The van der Waals surface area contributed by atoms with E-state index in [1.165, 1.54) is 6.92 Å². The molecule has 0 saturated carbocycles. The average molecular weight is 395 g/mol. The van der Waals surface area contributed by atoms with Crippen LogP contribution in [0.4, 0.5) is 5.69 Å². The highest BCUT2D eigenvalue weighted by atomic mass is 32.1. The van der Waals surface area contributed by atoms with Crippen LogP contribution in [0.25, 0.3) is 5.69 Å². The highest BCUT2D eigenvalue weighted by Crippen LogP contribution is 2.16. The number of benzene rings is 2. The van der Waals surface area contributed by atoms with Crippen LogP contribution < -0.4 is 22.0 Å². The van der Waals surface area contributed by atoms with Gasteiger partial charge in [0, 0.05) is 5.69 Å². The lowest BCUT2D eigenvalue weighted by Crippen LogP contribution is -2.33. The summed E-state index contributed by atoms with van der Waals surface area (Å²) in [6.07, 6.45) is 0. The van der Waals surface area contributed by atoms with Gasteiger partial charge in [-0.2, -0.15) is 5.10 Å². The number of nitrogens with zero attached hydrogens (tertiary/aromatic N) is 2. The normalized spacial score (nSPS) is 11.1. The third kappa shape index (κ3) is 4.15. The van der Waals surface area contributed by atoms with Gasteiger partial charge in [0.1, 0.15) is 5.56 Å². The minimum atomic E-state index is -0.750. The van der Waals surface area contributed by atoms with Crippen LogP contribution in [0.15, 0.2) is 75.4 Å². The van der Waals surface area contributed by atoms with Crippen molar-refractivity contribution in [2.45, 2.75) is 6.92 Å². The fraction of sp³-hybridized carbons (Fsp3) is 0.0526. The molecule has 8 nitrogen and oxygen atoms in total.